The summed E-state index contributed by atoms with van der Waals surface area (Å²) in [5.74, 6) is 0.331. The molecule has 1 heterocycles. The van der Waals surface area contributed by atoms with Crippen LogP contribution in [0.1, 0.15) is 18.4 Å². The van der Waals surface area contributed by atoms with Crippen molar-refractivity contribution in [2.75, 3.05) is 12.3 Å². The molecule has 6 nitrogen and oxygen atoms in total. The molecule has 0 aromatic heterocycles. The Morgan fingerprint density at radius 3 is 2.83 bits per heavy atom. The van der Waals surface area contributed by atoms with Crippen molar-refractivity contribution < 1.29 is 13.5 Å². The number of thioether (sulfide) groups is 1. The molecule has 3 N–H and O–H groups in total. The molecular formula is C15H18ClN3O3S2. The number of rotatable bonds is 5. The molecule has 0 radical (unpaired) electrons. The minimum absolute atomic E-state index is 0.0256. The molecule has 130 valence electrons. The van der Waals surface area contributed by atoms with E-state index in [0.29, 0.717) is 23.9 Å². The summed E-state index contributed by atoms with van der Waals surface area (Å²) in [7, 11) is -3.98. The smallest absolute Gasteiger partial charge is 0.239 e. The highest BCUT2D eigenvalue weighted by molar-refractivity contribution is 8.14. The number of aliphatic hydroxyl groups is 1. The summed E-state index contributed by atoms with van der Waals surface area (Å²) in [5, 5.41) is 17.2. The number of primary sulfonamides is 1. The fourth-order valence-electron chi connectivity index (χ4n) is 2.51. The fourth-order valence-corrected chi connectivity index (χ4v) is 4.84. The fraction of sp³-hybridized carbons (Fsp3) is 0.400. The second-order valence-corrected chi connectivity index (χ2v) is 8.72. The number of nitrogens with two attached hydrogens (primary N) is 1. The van der Waals surface area contributed by atoms with E-state index in [1.54, 1.807) is 17.0 Å². The van der Waals surface area contributed by atoms with Crippen LogP contribution in [0.3, 0.4) is 0 Å². The molecule has 0 spiro atoms. The minimum atomic E-state index is -3.98. The third-order valence-electron chi connectivity index (χ3n) is 3.93. The number of halogens is 1. The van der Waals surface area contributed by atoms with Gasteiger partial charge < -0.3 is 10.0 Å². The van der Waals surface area contributed by atoms with E-state index in [4.69, 9.17) is 16.7 Å². The molecule has 1 aromatic carbocycles. The van der Waals surface area contributed by atoms with E-state index in [-0.39, 0.29) is 9.92 Å². The number of hydrogen-bond acceptors (Lipinski definition) is 5. The lowest BCUT2D eigenvalue weighted by molar-refractivity contribution is -0.0425. The summed E-state index contributed by atoms with van der Waals surface area (Å²) in [4.78, 5) is 6.16. The highest BCUT2D eigenvalue weighted by Gasteiger charge is 2.45. The van der Waals surface area contributed by atoms with Crippen LogP contribution in [0.25, 0.3) is 0 Å². The van der Waals surface area contributed by atoms with Gasteiger partial charge in [0.15, 0.2) is 10.9 Å². The average molecular weight is 388 g/mol. The van der Waals surface area contributed by atoms with Crippen molar-refractivity contribution >= 4 is 38.6 Å². The molecule has 0 bridgehead atoms. The van der Waals surface area contributed by atoms with E-state index < -0.39 is 15.7 Å². The van der Waals surface area contributed by atoms with Crippen LogP contribution in [0.15, 0.2) is 40.7 Å². The summed E-state index contributed by atoms with van der Waals surface area (Å²) >= 11 is 7.38. The Balaban J connectivity index is 2.04. The van der Waals surface area contributed by atoms with Crippen LogP contribution < -0.4 is 5.14 Å². The molecule has 3 rings (SSSR count). The predicted molar refractivity (Wildman–Crippen MR) is 96.5 cm³/mol. The molecular weight excluding hydrogens is 370 g/mol. The van der Waals surface area contributed by atoms with Crippen LogP contribution in [-0.2, 0) is 15.7 Å². The van der Waals surface area contributed by atoms with Gasteiger partial charge in [0.25, 0.3) is 0 Å². The van der Waals surface area contributed by atoms with Gasteiger partial charge in [0.05, 0.1) is 16.8 Å². The van der Waals surface area contributed by atoms with Gasteiger partial charge in [0, 0.05) is 12.1 Å². The standard InChI is InChI=1S/C15H18ClN3O3S2/c1-2-7-19-14(18-11-4-5-11)23-9-15(19,20)10-3-6-12(16)13(8-10)24(17,21)22/h2-3,6,8,11,20H,1,4-5,7,9H2,(H2,17,21,22). The van der Waals surface area contributed by atoms with E-state index >= 15 is 0 Å². The zero-order chi connectivity index (χ0) is 17.5. The molecule has 2 aliphatic rings. The van der Waals surface area contributed by atoms with Crippen LogP contribution >= 0.6 is 23.4 Å². The molecule has 1 saturated heterocycles. The maximum absolute atomic E-state index is 11.7. The Kier molecular flexibility index (Phi) is 4.69. The molecule has 1 saturated carbocycles. The largest absolute Gasteiger partial charge is 0.366 e. The van der Waals surface area contributed by atoms with Crippen molar-refractivity contribution in [1.82, 2.24) is 4.90 Å². The first-order valence-corrected chi connectivity index (χ1v) is 10.3. The summed E-state index contributed by atoms with van der Waals surface area (Å²) in [6.07, 6.45) is 3.79. The topological polar surface area (TPSA) is 96.0 Å². The van der Waals surface area contributed by atoms with E-state index in [9.17, 15) is 13.5 Å². The zero-order valence-corrected chi connectivity index (χ0v) is 15.2. The monoisotopic (exact) mass is 387 g/mol. The number of benzene rings is 1. The lowest BCUT2D eigenvalue weighted by atomic mass is 10.0. The normalized spacial score (nSPS) is 26.1. The van der Waals surface area contributed by atoms with Gasteiger partial charge in [-0.2, -0.15) is 0 Å². The van der Waals surface area contributed by atoms with Gasteiger partial charge in [-0.15, -0.1) is 6.58 Å². The molecule has 24 heavy (non-hydrogen) atoms. The van der Waals surface area contributed by atoms with Crippen LogP contribution in [0.2, 0.25) is 5.02 Å². The van der Waals surface area contributed by atoms with Crippen molar-refractivity contribution in [2.24, 2.45) is 10.1 Å². The number of sulfonamides is 1. The molecule has 1 aliphatic heterocycles. The number of hydrogen-bond donors (Lipinski definition) is 2. The lowest BCUT2D eigenvalue weighted by Crippen LogP contribution is -2.45. The first-order chi connectivity index (χ1) is 11.3. The molecule has 1 unspecified atom stereocenters. The Hall–Kier alpha value is -1.06. The van der Waals surface area contributed by atoms with E-state index in [0.717, 1.165) is 18.0 Å². The maximum atomic E-state index is 11.7. The SMILES string of the molecule is C=CCN1C(=NC2CC2)SCC1(O)c1ccc(Cl)c(S(N)(=O)=O)c1. The number of aliphatic imine (C=N–C) groups is 1. The van der Waals surface area contributed by atoms with Crippen molar-refractivity contribution in [1.29, 1.82) is 0 Å². The van der Waals surface area contributed by atoms with Crippen molar-refractivity contribution in [3.05, 3.63) is 41.4 Å². The third-order valence-corrected chi connectivity index (χ3v) is 6.45. The number of nitrogens with zero attached hydrogens (tertiary/aromatic N) is 2. The highest BCUT2D eigenvalue weighted by atomic mass is 35.5. The van der Waals surface area contributed by atoms with Gasteiger partial charge in [0.2, 0.25) is 10.0 Å². The van der Waals surface area contributed by atoms with Crippen LogP contribution in [-0.4, -0.2) is 41.9 Å². The molecule has 9 heteroatoms. The van der Waals surface area contributed by atoms with Crippen LogP contribution in [0.5, 0.6) is 0 Å². The van der Waals surface area contributed by atoms with Crippen molar-refractivity contribution in [2.45, 2.75) is 29.5 Å². The Morgan fingerprint density at radius 2 is 2.25 bits per heavy atom. The van der Waals surface area contributed by atoms with E-state index in [1.807, 2.05) is 0 Å². The van der Waals surface area contributed by atoms with Crippen molar-refractivity contribution in [3.63, 3.8) is 0 Å². The predicted octanol–water partition coefficient (Wildman–Crippen LogP) is 1.89. The second kappa shape index (κ2) is 6.34. The van der Waals surface area contributed by atoms with Gasteiger partial charge in [-0.05, 0) is 25.0 Å². The van der Waals surface area contributed by atoms with Gasteiger partial charge >= 0.3 is 0 Å². The summed E-state index contributed by atoms with van der Waals surface area (Å²) in [6, 6.07) is 4.68. The van der Waals surface area contributed by atoms with E-state index in [1.165, 1.54) is 23.9 Å². The quantitative estimate of drug-likeness (QED) is 0.752. The summed E-state index contributed by atoms with van der Waals surface area (Å²) in [6.45, 7) is 4.12. The Labute approximate surface area is 150 Å². The molecule has 1 aromatic rings. The van der Waals surface area contributed by atoms with Crippen LogP contribution in [0.4, 0.5) is 0 Å². The minimum Gasteiger partial charge on any atom is -0.366 e. The summed E-state index contributed by atoms with van der Waals surface area (Å²) in [5.41, 5.74) is -0.984. The molecule has 2 fully saturated rings. The number of amidine groups is 1. The van der Waals surface area contributed by atoms with Gasteiger partial charge in [-0.3, -0.25) is 4.99 Å². The molecule has 0 amide bonds. The van der Waals surface area contributed by atoms with Gasteiger partial charge in [0.1, 0.15) is 4.90 Å². The van der Waals surface area contributed by atoms with E-state index in [2.05, 4.69) is 11.6 Å². The maximum Gasteiger partial charge on any atom is 0.239 e. The third kappa shape index (κ3) is 3.34. The van der Waals surface area contributed by atoms with Crippen molar-refractivity contribution in [3.8, 4) is 0 Å². The first-order valence-electron chi connectivity index (χ1n) is 7.40. The highest BCUT2D eigenvalue weighted by Crippen LogP contribution is 2.41. The second-order valence-electron chi connectivity index (χ2n) is 5.84. The Bertz CT molecular complexity index is 808. The zero-order valence-electron chi connectivity index (χ0n) is 12.9. The average Bonchev–Trinajstić information content (AvgIpc) is 3.26. The van der Waals surface area contributed by atoms with Crippen LogP contribution in [0, 0.1) is 0 Å². The molecule has 1 atom stereocenters. The summed E-state index contributed by atoms with van der Waals surface area (Å²) < 4.78 is 23.4. The first kappa shape index (κ1) is 17.8. The van der Waals surface area contributed by atoms with Gasteiger partial charge in [-0.1, -0.05) is 35.5 Å². The Morgan fingerprint density at radius 1 is 1.54 bits per heavy atom. The van der Waals surface area contributed by atoms with Gasteiger partial charge in [-0.25, -0.2) is 13.6 Å². The molecule has 1 aliphatic carbocycles. The lowest BCUT2D eigenvalue weighted by Gasteiger charge is -2.34.